The van der Waals surface area contributed by atoms with Gasteiger partial charge in [0.05, 0.1) is 15.9 Å². The summed E-state index contributed by atoms with van der Waals surface area (Å²) in [5.41, 5.74) is 1.70. The van der Waals surface area contributed by atoms with Gasteiger partial charge in [-0.1, -0.05) is 0 Å². The number of amides is 2. The van der Waals surface area contributed by atoms with Gasteiger partial charge >= 0.3 is 11.9 Å². The zero-order valence-corrected chi connectivity index (χ0v) is 18.3. The zero-order chi connectivity index (χ0) is 21.5. The van der Waals surface area contributed by atoms with E-state index < -0.39 is 35.2 Å². The quantitative estimate of drug-likeness (QED) is 0.440. The average molecular weight is 487 g/mol. The van der Waals surface area contributed by atoms with Gasteiger partial charge in [0, 0.05) is 18.2 Å². The van der Waals surface area contributed by atoms with Crippen LogP contribution in [0.3, 0.4) is 0 Å². The van der Waals surface area contributed by atoms with Crippen LogP contribution in [0.15, 0.2) is 15.7 Å². The lowest BCUT2D eigenvalue weighted by atomic mass is 10.0. The molecule has 0 radical (unpaired) electrons. The maximum Gasteiger partial charge on any atom is 0.352 e. The number of rotatable bonds is 6. The zero-order valence-electron chi connectivity index (χ0n) is 15.9. The van der Waals surface area contributed by atoms with Crippen LogP contribution < -0.4 is 5.32 Å². The number of esters is 1. The van der Waals surface area contributed by atoms with E-state index in [0.717, 1.165) is 20.8 Å². The van der Waals surface area contributed by atoms with Gasteiger partial charge in [-0.15, -0.1) is 11.8 Å². The van der Waals surface area contributed by atoms with Gasteiger partial charge in [0.25, 0.3) is 5.91 Å². The van der Waals surface area contributed by atoms with Crippen molar-refractivity contribution < 1.29 is 29.0 Å². The molecule has 1 aromatic rings. The van der Waals surface area contributed by atoms with E-state index in [-0.39, 0.29) is 24.6 Å². The molecule has 0 bridgehead atoms. The van der Waals surface area contributed by atoms with Gasteiger partial charge in [-0.3, -0.25) is 24.0 Å². The number of aliphatic carboxylic acids is 1. The normalized spacial score (nSPS) is 20.8. The molecule has 2 aliphatic heterocycles. The number of carboxylic acid groups (broad SMARTS) is 1. The molecule has 3 heterocycles. The summed E-state index contributed by atoms with van der Waals surface area (Å²) in [7, 11) is 0. The van der Waals surface area contributed by atoms with Crippen LogP contribution in [-0.2, 0) is 30.5 Å². The lowest BCUT2D eigenvalue weighted by Gasteiger charge is -2.49. The Morgan fingerprint density at radius 1 is 1.38 bits per heavy atom. The second kappa shape index (κ2) is 8.19. The smallest absolute Gasteiger partial charge is 0.352 e. The number of fused-ring (bicyclic) bond motifs is 1. The van der Waals surface area contributed by atoms with Gasteiger partial charge in [-0.25, -0.2) is 4.79 Å². The number of ether oxygens (including phenoxy) is 1. The van der Waals surface area contributed by atoms with Crippen LogP contribution in [-0.4, -0.2) is 67.3 Å². The largest absolute Gasteiger partial charge is 0.477 e. The minimum Gasteiger partial charge on any atom is -0.477 e. The van der Waals surface area contributed by atoms with Crippen molar-refractivity contribution in [1.82, 2.24) is 20.0 Å². The number of carbonyl (C=O) groups excluding carboxylic acids is 3. The lowest BCUT2D eigenvalue weighted by Crippen LogP contribution is -2.70. The van der Waals surface area contributed by atoms with Crippen molar-refractivity contribution in [1.29, 1.82) is 0 Å². The molecular weight excluding hydrogens is 468 g/mol. The molecule has 29 heavy (non-hydrogen) atoms. The van der Waals surface area contributed by atoms with Crippen molar-refractivity contribution >= 4 is 51.4 Å². The number of nitrogens with one attached hydrogen (secondary N) is 1. The SMILES string of the molecule is CC(=O)OCC1=C(C(=O)O)N2C(=O)[C@H](NC(=O)Cn3nc(C)c(Br)c3C)[C@H]2SC1. The summed E-state index contributed by atoms with van der Waals surface area (Å²) in [6.07, 6.45) is 0. The first-order chi connectivity index (χ1) is 13.6. The second-order valence-electron chi connectivity index (χ2n) is 6.64. The highest BCUT2D eigenvalue weighted by Crippen LogP contribution is 2.40. The van der Waals surface area contributed by atoms with Crippen molar-refractivity contribution in [2.45, 2.75) is 38.7 Å². The van der Waals surface area contributed by atoms with E-state index in [4.69, 9.17) is 4.74 Å². The molecule has 0 aromatic carbocycles. The van der Waals surface area contributed by atoms with Crippen molar-refractivity contribution in [3.8, 4) is 0 Å². The Hall–Kier alpha value is -2.34. The summed E-state index contributed by atoms with van der Waals surface area (Å²) >= 11 is 4.71. The summed E-state index contributed by atoms with van der Waals surface area (Å²) < 4.78 is 7.24. The van der Waals surface area contributed by atoms with Crippen LogP contribution in [0.25, 0.3) is 0 Å². The molecule has 0 spiro atoms. The maximum atomic E-state index is 12.6. The summed E-state index contributed by atoms with van der Waals surface area (Å²) in [6.45, 7) is 4.61. The molecule has 0 unspecified atom stereocenters. The number of carboxylic acids is 1. The van der Waals surface area contributed by atoms with Gasteiger partial charge in [0.15, 0.2) is 0 Å². The van der Waals surface area contributed by atoms with Crippen LogP contribution in [0, 0.1) is 13.8 Å². The molecule has 2 aliphatic rings. The first-order valence-corrected chi connectivity index (χ1v) is 10.5. The topological polar surface area (TPSA) is 131 Å². The van der Waals surface area contributed by atoms with E-state index in [1.165, 1.54) is 23.4 Å². The molecule has 2 amide bonds. The molecule has 2 atom stereocenters. The van der Waals surface area contributed by atoms with Crippen LogP contribution in [0.5, 0.6) is 0 Å². The van der Waals surface area contributed by atoms with Gasteiger partial charge in [0.2, 0.25) is 5.91 Å². The Morgan fingerprint density at radius 3 is 2.62 bits per heavy atom. The van der Waals surface area contributed by atoms with Crippen LogP contribution in [0.2, 0.25) is 0 Å². The minimum absolute atomic E-state index is 0.0568. The molecule has 3 rings (SSSR count). The monoisotopic (exact) mass is 486 g/mol. The predicted octanol–water partition coefficient (Wildman–Crippen LogP) is 0.564. The van der Waals surface area contributed by atoms with Crippen molar-refractivity contribution in [3.63, 3.8) is 0 Å². The molecule has 10 nitrogen and oxygen atoms in total. The fraction of sp³-hybridized carbons (Fsp3) is 0.471. The lowest BCUT2D eigenvalue weighted by molar-refractivity contribution is -0.151. The Morgan fingerprint density at radius 2 is 2.07 bits per heavy atom. The van der Waals surface area contributed by atoms with Gasteiger partial charge in [-0.2, -0.15) is 5.10 Å². The fourth-order valence-electron chi connectivity index (χ4n) is 3.17. The van der Waals surface area contributed by atoms with E-state index in [2.05, 4.69) is 26.3 Å². The number of aromatic nitrogens is 2. The summed E-state index contributed by atoms with van der Waals surface area (Å²) in [5, 5.41) is 15.9. The van der Waals surface area contributed by atoms with Gasteiger partial charge in [0.1, 0.15) is 30.3 Å². The van der Waals surface area contributed by atoms with Crippen LogP contribution >= 0.6 is 27.7 Å². The molecule has 0 saturated carbocycles. The number of halogens is 1. The maximum absolute atomic E-state index is 12.6. The predicted molar refractivity (Wildman–Crippen MR) is 106 cm³/mol. The number of hydrogen-bond donors (Lipinski definition) is 2. The molecule has 156 valence electrons. The highest BCUT2D eigenvalue weighted by molar-refractivity contribution is 9.10. The first-order valence-electron chi connectivity index (χ1n) is 8.64. The van der Waals surface area contributed by atoms with E-state index in [9.17, 15) is 24.3 Å². The third-order valence-corrected chi connectivity index (χ3v) is 7.09. The number of nitrogens with zero attached hydrogens (tertiary/aromatic N) is 3. The molecule has 2 N–H and O–H groups in total. The third kappa shape index (κ3) is 4.04. The number of hydrogen-bond acceptors (Lipinski definition) is 7. The fourth-order valence-corrected chi connectivity index (χ4v) is 4.78. The van der Waals surface area contributed by atoms with E-state index in [1.807, 2.05) is 13.8 Å². The molecule has 1 saturated heterocycles. The summed E-state index contributed by atoms with van der Waals surface area (Å²) in [6, 6.07) is -0.822. The highest BCUT2D eigenvalue weighted by Gasteiger charge is 2.54. The van der Waals surface area contributed by atoms with Crippen molar-refractivity contribution in [3.05, 3.63) is 27.1 Å². The van der Waals surface area contributed by atoms with Crippen molar-refractivity contribution in [2.24, 2.45) is 0 Å². The Kier molecular flexibility index (Phi) is 6.03. The first kappa shape index (κ1) is 21.4. The molecule has 1 aromatic heterocycles. The summed E-state index contributed by atoms with van der Waals surface area (Å²) in [5.74, 6) is -2.44. The molecule has 0 aliphatic carbocycles. The van der Waals surface area contributed by atoms with Gasteiger partial charge in [-0.05, 0) is 29.8 Å². The van der Waals surface area contributed by atoms with Crippen molar-refractivity contribution in [2.75, 3.05) is 12.4 Å². The van der Waals surface area contributed by atoms with E-state index >= 15 is 0 Å². The molecular formula is C17H19BrN4O6S. The summed E-state index contributed by atoms with van der Waals surface area (Å²) in [4.78, 5) is 48.8. The van der Waals surface area contributed by atoms with E-state index in [1.54, 1.807) is 0 Å². The van der Waals surface area contributed by atoms with Crippen LogP contribution in [0.4, 0.5) is 0 Å². The number of thioether (sulfide) groups is 1. The third-order valence-electron chi connectivity index (χ3n) is 4.60. The number of carbonyl (C=O) groups is 4. The van der Waals surface area contributed by atoms with E-state index in [0.29, 0.717) is 5.57 Å². The van der Waals surface area contributed by atoms with Crippen LogP contribution in [0.1, 0.15) is 18.3 Å². The van der Waals surface area contributed by atoms with Gasteiger partial charge < -0.3 is 15.2 Å². The average Bonchev–Trinajstić information content (AvgIpc) is 2.89. The number of β-lactam (4-membered cyclic amide) rings is 1. The number of aryl methyl sites for hydroxylation is 1. The highest BCUT2D eigenvalue weighted by atomic mass is 79.9. The minimum atomic E-state index is -1.27. The Bertz CT molecular complexity index is 943. The molecule has 1 fully saturated rings. The standard InChI is InChI=1S/C17H19BrN4O6S/c1-7-12(18)8(2)21(20-7)4-11(24)19-13-15(25)22-14(17(26)27)10(5-28-9(3)23)6-29-16(13)22/h13,16H,4-6H2,1-3H3,(H,19,24)(H,26,27)/t13-,16+/m0/s1. The Balaban J connectivity index is 1.70. The second-order valence-corrected chi connectivity index (χ2v) is 8.53. The molecule has 12 heteroatoms. The Labute approximate surface area is 178 Å².